The Kier molecular flexibility index (Phi) is 6.77. The number of nitrogens with zero attached hydrogens (tertiary/aromatic N) is 3. The summed E-state index contributed by atoms with van der Waals surface area (Å²) in [5.74, 6) is 1.34. The predicted octanol–water partition coefficient (Wildman–Crippen LogP) is 6.12. The first-order valence-electron chi connectivity index (χ1n) is 11.3. The van der Waals surface area contributed by atoms with Crippen molar-refractivity contribution < 1.29 is 9.53 Å². The zero-order valence-corrected chi connectivity index (χ0v) is 20.0. The van der Waals surface area contributed by atoms with Gasteiger partial charge in [-0.3, -0.25) is 9.36 Å². The number of anilines is 1. The molecule has 0 fully saturated rings. The van der Waals surface area contributed by atoms with E-state index in [9.17, 15) is 4.79 Å². The number of ether oxygens (including phenoxy) is 1. The van der Waals surface area contributed by atoms with Crippen LogP contribution in [0.3, 0.4) is 0 Å². The maximum Gasteiger partial charge on any atom is 0.237 e. The summed E-state index contributed by atoms with van der Waals surface area (Å²) in [7, 11) is 0. The van der Waals surface area contributed by atoms with Crippen molar-refractivity contribution in [2.45, 2.75) is 23.9 Å². The number of nitrogens with one attached hydrogen (secondary N) is 1. The van der Waals surface area contributed by atoms with E-state index in [4.69, 9.17) is 4.74 Å². The first-order valence-corrected chi connectivity index (χ1v) is 12.2. The molecule has 0 radical (unpaired) electrons. The summed E-state index contributed by atoms with van der Waals surface area (Å²) in [5, 5.41) is 14.2. The Balaban J connectivity index is 1.39. The van der Waals surface area contributed by atoms with E-state index in [1.54, 1.807) is 0 Å². The molecule has 6 nitrogen and oxygen atoms in total. The number of thioether (sulfide) groups is 1. The minimum atomic E-state index is -0.381. The number of carbonyl (C=O) groups excluding carboxylic acids is 1. The number of aromatic nitrogens is 3. The third kappa shape index (κ3) is 5.20. The van der Waals surface area contributed by atoms with Crippen LogP contribution in [0.2, 0.25) is 0 Å². The van der Waals surface area contributed by atoms with Gasteiger partial charge in [0.1, 0.15) is 12.4 Å². The molecule has 7 heteroatoms. The van der Waals surface area contributed by atoms with Crippen LogP contribution in [0.5, 0.6) is 5.75 Å². The van der Waals surface area contributed by atoms with Crippen LogP contribution in [0, 0.1) is 0 Å². The number of benzene rings is 4. The van der Waals surface area contributed by atoms with Gasteiger partial charge in [-0.1, -0.05) is 84.6 Å². The summed E-state index contributed by atoms with van der Waals surface area (Å²) in [6.45, 7) is 2.10. The van der Waals surface area contributed by atoms with Crippen LogP contribution in [0.1, 0.15) is 12.7 Å². The van der Waals surface area contributed by atoms with Crippen molar-refractivity contribution >= 4 is 34.1 Å². The van der Waals surface area contributed by atoms with Gasteiger partial charge in [0.15, 0.2) is 11.0 Å². The third-order valence-electron chi connectivity index (χ3n) is 5.51. The molecule has 0 unspecified atom stereocenters. The Hall–Kier alpha value is -4.10. The number of amides is 1. The number of carbonyl (C=O) groups is 1. The van der Waals surface area contributed by atoms with E-state index in [2.05, 4.69) is 27.6 Å². The number of rotatable bonds is 8. The molecule has 174 valence electrons. The Labute approximate surface area is 208 Å². The Bertz CT molecular complexity index is 1430. The van der Waals surface area contributed by atoms with E-state index in [1.165, 1.54) is 11.8 Å². The molecule has 1 aromatic heterocycles. The van der Waals surface area contributed by atoms with Gasteiger partial charge in [-0.25, -0.2) is 0 Å². The fraction of sp³-hybridized carbons (Fsp3) is 0.107. The van der Waals surface area contributed by atoms with E-state index in [0.29, 0.717) is 11.0 Å². The van der Waals surface area contributed by atoms with E-state index in [0.717, 1.165) is 27.9 Å². The molecule has 5 aromatic rings. The second kappa shape index (κ2) is 10.4. The minimum Gasteiger partial charge on any atom is -0.485 e. The van der Waals surface area contributed by atoms with Crippen molar-refractivity contribution in [1.82, 2.24) is 14.8 Å². The second-order valence-electron chi connectivity index (χ2n) is 7.95. The van der Waals surface area contributed by atoms with E-state index >= 15 is 0 Å². The van der Waals surface area contributed by atoms with Crippen LogP contribution >= 0.6 is 11.8 Å². The topological polar surface area (TPSA) is 69.0 Å². The molecule has 0 spiro atoms. The largest absolute Gasteiger partial charge is 0.485 e. The van der Waals surface area contributed by atoms with Gasteiger partial charge in [0.2, 0.25) is 5.91 Å². The lowest BCUT2D eigenvalue weighted by Gasteiger charge is -2.14. The van der Waals surface area contributed by atoms with Crippen molar-refractivity contribution in [3.8, 4) is 11.4 Å². The van der Waals surface area contributed by atoms with Crippen LogP contribution < -0.4 is 10.1 Å². The number of hydrogen-bond acceptors (Lipinski definition) is 5. The lowest BCUT2D eigenvalue weighted by molar-refractivity contribution is -0.115. The first-order chi connectivity index (χ1) is 17.2. The average molecular weight is 481 g/mol. The molecule has 0 aliphatic rings. The Morgan fingerprint density at radius 2 is 1.57 bits per heavy atom. The second-order valence-corrected chi connectivity index (χ2v) is 9.26. The summed E-state index contributed by atoms with van der Waals surface area (Å²) < 4.78 is 8.15. The highest BCUT2D eigenvalue weighted by Gasteiger charge is 2.21. The van der Waals surface area contributed by atoms with Gasteiger partial charge in [0, 0.05) is 16.8 Å². The molecular formula is C28H24N4O2S. The number of hydrogen-bond donors (Lipinski definition) is 1. The molecule has 1 amide bonds. The smallest absolute Gasteiger partial charge is 0.237 e. The molecule has 35 heavy (non-hydrogen) atoms. The van der Waals surface area contributed by atoms with E-state index < -0.39 is 0 Å². The van der Waals surface area contributed by atoms with Crippen molar-refractivity contribution in [3.63, 3.8) is 0 Å². The van der Waals surface area contributed by atoms with Crippen molar-refractivity contribution in [3.05, 3.63) is 109 Å². The quantitative estimate of drug-likeness (QED) is 0.271. The first kappa shape index (κ1) is 22.7. The van der Waals surface area contributed by atoms with Gasteiger partial charge in [-0.2, -0.15) is 0 Å². The summed E-state index contributed by atoms with van der Waals surface area (Å²) in [6, 6.07) is 33.4. The van der Waals surface area contributed by atoms with Crippen molar-refractivity contribution in [2.75, 3.05) is 5.32 Å². The molecule has 5 rings (SSSR count). The fourth-order valence-electron chi connectivity index (χ4n) is 3.75. The van der Waals surface area contributed by atoms with Crippen LogP contribution in [-0.4, -0.2) is 25.9 Å². The van der Waals surface area contributed by atoms with Crippen LogP contribution in [0.25, 0.3) is 16.5 Å². The number of fused-ring (bicyclic) bond motifs is 1. The van der Waals surface area contributed by atoms with Gasteiger partial charge in [-0.15, -0.1) is 10.2 Å². The van der Waals surface area contributed by atoms with Gasteiger partial charge < -0.3 is 10.1 Å². The lowest BCUT2D eigenvalue weighted by Crippen LogP contribution is -2.22. The minimum absolute atomic E-state index is 0.0997. The van der Waals surface area contributed by atoms with Crippen molar-refractivity contribution in [2.24, 2.45) is 0 Å². The van der Waals surface area contributed by atoms with Crippen molar-refractivity contribution in [1.29, 1.82) is 0 Å². The summed E-state index contributed by atoms with van der Waals surface area (Å²) >= 11 is 1.36. The highest BCUT2D eigenvalue weighted by Crippen LogP contribution is 2.29. The molecule has 4 aromatic carbocycles. The summed E-state index contributed by atoms with van der Waals surface area (Å²) in [6.07, 6.45) is 0. The van der Waals surface area contributed by atoms with Gasteiger partial charge in [0.05, 0.1) is 5.25 Å². The van der Waals surface area contributed by atoms with Gasteiger partial charge in [-0.05, 0) is 42.6 Å². The maximum absolute atomic E-state index is 12.8. The molecule has 1 N–H and O–H groups in total. The molecule has 1 atom stereocenters. The summed E-state index contributed by atoms with van der Waals surface area (Å²) in [4.78, 5) is 12.8. The Morgan fingerprint density at radius 3 is 2.37 bits per heavy atom. The monoisotopic (exact) mass is 480 g/mol. The highest BCUT2D eigenvalue weighted by molar-refractivity contribution is 8.00. The van der Waals surface area contributed by atoms with Gasteiger partial charge in [0.25, 0.3) is 0 Å². The van der Waals surface area contributed by atoms with Crippen LogP contribution in [-0.2, 0) is 11.4 Å². The molecule has 0 aliphatic heterocycles. The van der Waals surface area contributed by atoms with Crippen LogP contribution in [0.4, 0.5) is 5.69 Å². The normalized spacial score (nSPS) is 11.8. The molecule has 1 heterocycles. The SMILES string of the molecule is C[C@@H](Sc1nnc(COc2cccc3ccccc23)n1-c1ccccc1)C(=O)Nc1ccccc1. The molecule has 0 saturated carbocycles. The number of para-hydroxylation sites is 2. The van der Waals surface area contributed by atoms with Crippen LogP contribution in [0.15, 0.2) is 108 Å². The average Bonchev–Trinajstić information content (AvgIpc) is 3.30. The third-order valence-corrected chi connectivity index (χ3v) is 6.56. The molecule has 0 bridgehead atoms. The van der Waals surface area contributed by atoms with E-state index in [-0.39, 0.29) is 17.8 Å². The standard InChI is InChI=1S/C28H24N4O2S/c1-20(27(33)29-22-13-4-2-5-14-22)35-28-31-30-26(32(28)23-15-6-3-7-16-23)19-34-25-18-10-12-21-11-8-9-17-24(21)25/h2-18,20H,19H2,1H3,(H,29,33)/t20-/m1/s1. The highest BCUT2D eigenvalue weighted by atomic mass is 32.2. The predicted molar refractivity (Wildman–Crippen MR) is 140 cm³/mol. The van der Waals surface area contributed by atoms with E-state index in [1.807, 2.05) is 102 Å². The maximum atomic E-state index is 12.8. The lowest BCUT2D eigenvalue weighted by atomic mass is 10.1. The zero-order valence-electron chi connectivity index (χ0n) is 19.2. The van der Waals surface area contributed by atoms with Gasteiger partial charge >= 0.3 is 0 Å². The Morgan fingerprint density at radius 1 is 0.886 bits per heavy atom. The molecule has 0 saturated heterocycles. The molecule has 0 aliphatic carbocycles. The fourth-order valence-corrected chi connectivity index (χ4v) is 4.63. The zero-order chi connectivity index (χ0) is 24.0. The molecular weight excluding hydrogens is 456 g/mol. The summed E-state index contributed by atoms with van der Waals surface area (Å²) in [5.41, 5.74) is 1.67.